The van der Waals surface area contributed by atoms with Crippen LogP contribution < -0.4 is 30.4 Å². The summed E-state index contributed by atoms with van der Waals surface area (Å²) in [4.78, 5) is 5.09. The second-order valence-electron chi connectivity index (χ2n) is 13.7. The number of benzene rings is 8. The summed E-state index contributed by atoms with van der Waals surface area (Å²) in [6.45, 7) is 0. The Labute approximate surface area is 313 Å². The van der Waals surface area contributed by atoms with Crippen molar-refractivity contribution in [2.45, 2.75) is 9.79 Å². The van der Waals surface area contributed by atoms with E-state index < -0.39 is 8.07 Å². The third-order valence-corrected chi connectivity index (χ3v) is 17.3. The van der Waals surface area contributed by atoms with Crippen molar-refractivity contribution in [2.24, 2.45) is 0 Å². The number of ether oxygens (including phenoxy) is 1. The van der Waals surface area contributed by atoms with Crippen LogP contribution in [-0.2, 0) is 0 Å². The Morgan fingerprint density at radius 2 is 1.06 bits per heavy atom. The molecule has 250 valence electrons. The molecule has 9 aromatic rings. The SMILES string of the molecule is c1ccc(N(c2ccc3c(c2)[Si]2(c4ccccc4Oc4ccccc42)c2ccccc2S3)c2cccc3c2c2ccccc2n3-c2ccccc2)cc1. The molecule has 0 aliphatic carbocycles. The molecule has 0 saturated heterocycles. The monoisotopic (exact) mass is 712 g/mol. The van der Waals surface area contributed by atoms with Crippen molar-refractivity contribution < 1.29 is 4.74 Å². The van der Waals surface area contributed by atoms with E-state index in [1.807, 2.05) is 11.8 Å². The lowest BCUT2D eigenvalue weighted by Gasteiger charge is -2.43. The molecule has 1 aromatic heterocycles. The van der Waals surface area contributed by atoms with Crippen LogP contribution in [0.1, 0.15) is 0 Å². The van der Waals surface area contributed by atoms with Gasteiger partial charge in [0, 0.05) is 37.6 Å². The largest absolute Gasteiger partial charge is 0.458 e. The topological polar surface area (TPSA) is 17.4 Å². The molecule has 3 heterocycles. The molecule has 0 radical (unpaired) electrons. The lowest BCUT2D eigenvalue weighted by atomic mass is 10.1. The highest BCUT2D eigenvalue weighted by atomic mass is 32.2. The van der Waals surface area contributed by atoms with Gasteiger partial charge in [0.25, 0.3) is 0 Å². The Hall–Kier alpha value is -6.27. The Bertz CT molecular complexity index is 2760. The van der Waals surface area contributed by atoms with Gasteiger partial charge in [-0.1, -0.05) is 127 Å². The molecule has 2 aliphatic rings. The average molecular weight is 713 g/mol. The lowest BCUT2D eigenvalue weighted by molar-refractivity contribution is 0.487. The second kappa shape index (κ2) is 11.9. The highest BCUT2D eigenvalue weighted by molar-refractivity contribution is 8.00. The number of aromatic nitrogens is 1. The zero-order valence-corrected chi connectivity index (χ0v) is 30.5. The fraction of sp³-hybridized carbons (Fsp3) is 0. The van der Waals surface area contributed by atoms with E-state index in [0.717, 1.165) is 34.2 Å². The number of nitrogens with zero attached hydrogens (tertiary/aromatic N) is 2. The van der Waals surface area contributed by atoms with E-state index in [0.29, 0.717) is 0 Å². The van der Waals surface area contributed by atoms with Gasteiger partial charge in [-0.05, 0) is 99.6 Å². The van der Waals surface area contributed by atoms with Gasteiger partial charge in [0.05, 0.1) is 16.7 Å². The van der Waals surface area contributed by atoms with Crippen molar-refractivity contribution in [1.82, 2.24) is 4.57 Å². The lowest BCUT2D eigenvalue weighted by Crippen LogP contribution is -2.77. The van der Waals surface area contributed by atoms with Crippen molar-refractivity contribution in [2.75, 3.05) is 4.90 Å². The number of anilines is 3. The smallest absolute Gasteiger partial charge is 0.190 e. The minimum atomic E-state index is -2.85. The van der Waals surface area contributed by atoms with Gasteiger partial charge < -0.3 is 14.2 Å². The summed E-state index contributed by atoms with van der Waals surface area (Å²) in [5, 5.41) is 7.84. The average Bonchev–Trinajstić information content (AvgIpc) is 3.57. The molecule has 0 amide bonds. The minimum Gasteiger partial charge on any atom is -0.458 e. The third-order valence-electron chi connectivity index (χ3n) is 10.9. The summed E-state index contributed by atoms with van der Waals surface area (Å²) in [5.41, 5.74) is 6.91. The summed E-state index contributed by atoms with van der Waals surface area (Å²) in [6, 6.07) is 70.8. The van der Waals surface area contributed by atoms with Gasteiger partial charge in [0.15, 0.2) is 8.07 Å². The highest BCUT2D eigenvalue weighted by Crippen LogP contribution is 2.45. The van der Waals surface area contributed by atoms with Crippen LogP contribution in [0.25, 0.3) is 27.5 Å². The summed E-state index contributed by atoms with van der Waals surface area (Å²) >= 11 is 1.89. The van der Waals surface area contributed by atoms with Crippen LogP contribution in [-0.4, -0.2) is 12.6 Å². The van der Waals surface area contributed by atoms with Crippen LogP contribution in [0.3, 0.4) is 0 Å². The molecule has 5 heteroatoms. The molecule has 0 saturated carbocycles. The summed E-state index contributed by atoms with van der Waals surface area (Å²) in [6.07, 6.45) is 0. The zero-order chi connectivity index (χ0) is 34.9. The van der Waals surface area contributed by atoms with Crippen molar-refractivity contribution in [1.29, 1.82) is 0 Å². The van der Waals surface area contributed by atoms with Gasteiger partial charge in [-0.15, -0.1) is 0 Å². The molecule has 0 unspecified atom stereocenters. The first-order chi connectivity index (χ1) is 26.3. The van der Waals surface area contributed by atoms with Gasteiger partial charge in [-0.2, -0.15) is 0 Å². The highest BCUT2D eigenvalue weighted by Gasteiger charge is 2.52. The van der Waals surface area contributed by atoms with Crippen LogP contribution >= 0.6 is 11.8 Å². The van der Waals surface area contributed by atoms with E-state index in [4.69, 9.17) is 4.74 Å². The first-order valence-corrected chi connectivity index (χ1v) is 20.8. The molecular formula is C48H32N2OSSi. The Morgan fingerprint density at radius 1 is 0.453 bits per heavy atom. The maximum absolute atomic E-state index is 6.69. The number of para-hydroxylation sites is 5. The maximum Gasteiger partial charge on any atom is 0.190 e. The predicted octanol–water partition coefficient (Wildman–Crippen LogP) is 10.2. The van der Waals surface area contributed by atoms with Crippen LogP contribution in [0.15, 0.2) is 204 Å². The number of hydrogen-bond donors (Lipinski definition) is 0. The quantitative estimate of drug-likeness (QED) is 0.169. The van der Waals surface area contributed by atoms with Crippen LogP contribution in [0.4, 0.5) is 17.1 Å². The van der Waals surface area contributed by atoms with E-state index in [2.05, 4.69) is 204 Å². The molecule has 3 nitrogen and oxygen atoms in total. The van der Waals surface area contributed by atoms with E-state index in [1.54, 1.807) is 0 Å². The predicted molar refractivity (Wildman–Crippen MR) is 223 cm³/mol. The molecule has 11 rings (SSSR count). The number of hydrogen-bond acceptors (Lipinski definition) is 3. The third kappa shape index (κ3) is 4.41. The Morgan fingerprint density at radius 3 is 1.83 bits per heavy atom. The second-order valence-corrected chi connectivity index (χ2v) is 18.4. The molecule has 0 fully saturated rings. The van der Waals surface area contributed by atoms with Crippen molar-refractivity contribution in [3.8, 4) is 17.2 Å². The van der Waals surface area contributed by atoms with Gasteiger partial charge >= 0.3 is 0 Å². The minimum absolute atomic E-state index is 0.953. The first-order valence-electron chi connectivity index (χ1n) is 18.0. The molecule has 0 bridgehead atoms. The van der Waals surface area contributed by atoms with E-state index in [9.17, 15) is 0 Å². The van der Waals surface area contributed by atoms with Crippen molar-refractivity contribution >= 4 is 79.5 Å². The number of rotatable bonds is 4. The van der Waals surface area contributed by atoms with Crippen molar-refractivity contribution in [3.05, 3.63) is 194 Å². The van der Waals surface area contributed by atoms with Crippen LogP contribution in [0.5, 0.6) is 11.5 Å². The van der Waals surface area contributed by atoms with Crippen LogP contribution in [0, 0.1) is 0 Å². The van der Waals surface area contributed by atoms with E-state index >= 15 is 0 Å². The standard InChI is InChI=1S/C48H32N2OSSi/c1-3-16-33(17-4-1)49(38-22-15-23-39-48(38)36-20-7-8-21-37(36)50(39)34-18-5-2-6-19-34)35-30-31-43-47(32-35)53(46-29-14-11-26-42(46)52-43)44-27-12-9-24-40(44)51-41-25-10-13-28-45(41)53/h1-32H. The summed E-state index contributed by atoms with van der Waals surface area (Å²) in [5.74, 6) is 1.91. The summed E-state index contributed by atoms with van der Waals surface area (Å²) < 4.78 is 9.09. The normalized spacial score (nSPS) is 13.5. The van der Waals surface area contributed by atoms with Gasteiger partial charge in [0.1, 0.15) is 11.5 Å². The van der Waals surface area contributed by atoms with Crippen LogP contribution in [0.2, 0.25) is 0 Å². The maximum atomic E-state index is 6.69. The van der Waals surface area contributed by atoms with Gasteiger partial charge in [-0.25, -0.2) is 0 Å². The number of fused-ring (bicyclic) bond motifs is 11. The molecule has 2 aliphatic heterocycles. The molecule has 0 N–H and O–H groups in total. The zero-order valence-electron chi connectivity index (χ0n) is 28.7. The molecule has 53 heavy (non-hydrogen) atoms. The molecule has 8 aromatic carbocycles. The van der Waals surface area contributed by atoms with Gasteiger partial charge in [-0.3, -0.25) is 0 Å². The fourth-order valence-corrected chi connectivity index (χ4v) is 15.9. The van der Waals surface area contributed by atoms with E-state index in [1.165, 1.54) is 52.3 Å². The van der Waals surface area contributed by atoms with Gasteiger partial charge in [0.2, 0.25) is 0 Å². The van der Waals surface area contributed by atoms with Crippen molar-refractivity contribution in [3.63, 3.8) is 0 Å². The Balaban J connectivity index is 1.23. The fourth-order valence-electron chi connectivity index (χ4n) is 8.79. The Kier molecular flexibility index (Phi) is 6.81. The van der Waals surface area contributed by atoms with E-state index in [-0.39, 0.29) is 0 Å². The molecule has 0 atom stereocenters. The molecular weight excluding hydrogens is 681 g/mol. The first kappa shape index (κ1) is 30.4. The molecule has 1 spiro atoms. The summed E-state index contributed by atoms with van der Waals surface area (Å²) in [7, 11) is -2.85.